The number of ether oxygens (including phenoxy) is 1. The van der Waals surface area contributed by atoms with Gasteiger partial charge < -0.3 is 10.1 Å². The van der Waals surface area contributed by atoms with Crippen molar-refractivity contribution in [3.05, 3.63) is 47.5 Å². The van der Waals surface area contributed by atoms with Gasteiger partial charge in [-0.1, -0.05) is 0 Å². The summed E-state index contributed by atoms with van der Waals surface area (Å²) in [6, 6.07) is 5.61. The highest BCUT2D eigenvalue weighted by molar-refractivity contribution is 6.01. The molecule has 0 spiro atoms. The van der Waals surface area contributed by atoms with Crippen LogP contribution in [0.25, 0.3) is 5.78 Å². The SMILES string of the molecule is Cc1cnc2nc(C(=O)Nc3ccc4c(c3)CC(C)O4)nn2c1. The first-order valence-corrected chi connectivity index (χ1v) is 7.38. The van der Waals surface area contributed by atoms with Gasteiger partial charge in [0.25, 0.3) is 11.7 Å². The van der Waals surface area contributed by atoms with Crippen LogP contribution in [-0.4, -0.2) is 31.6 Å². The number of anilines is 1. The Hall–Kier alpha value is -2.96. The molecule has 1 unspecified atom stereocenters. The van der Waals surface area contributed by atoms with E-state index in [0.717, 1.165) is 23.3 Å². The Kier molecular flexibility index (Phi) is 3.00. The summed E-state index contributed by atoms with van der Waals surface area (Å²) in [7, 11) is 0. The van der Waals surface area contributed by atoms with Crippen molar-refractivity contribution in [3.8, 4) is 5.75 Å². The molecule has 1 N–H and O–H groups in total. The van der Waals surface area contributed by atoms with Crippen LogP contribution < -0.4 is 10.1 Å². The second-order valence-corrected chi connectivity index (χ2v) is 5.72. The van der Waals surface area contributed by atoms with E-state index in [1.165, 1.54) is 4.52 Å². The van der Waals surface area contributed by atoms with Crippen LogP contribution in [0.1, 0.15) is 28.7 Å². The highest BCUT2D eigenvalue weighted by atomic mass is 16.5. The third-order valence-corrected chi connectivity index (χ3v) is 3.68. The normalized spacial score (nSPS) is 16.2. The quantitative estimate of drug-likeness (QED) is 0.783. The number of carbonyl (C=O) groups is 1. The number of fused-ring (bicyclic) bond motifs is 2. The van der Waals surface area contributed by atoms with Gasteiger partial charge in [0.05, 0.1) is 0 Å². The van der Waals surface area contributed by atoms with Crippen molar-refractivity contribution in [2.75, 3.05) is 5.32 Å². The standard InChI is InChI=1S/C16H15N5O2/c1-9-7-17-16-19-14(20-21(16)8-9)15(22)18-12-3-4-13-11(6-12)5-10(2)23-13/h3-4,6-8,10H,5H2,1-2H3,(H,18,22). The highest BCUT2D eigenvalue weighted by Gasteiger charge is 2.20. The van der Waals surface area contributed by atoms with E-state index in [2.05, 4.69) is 20.4 Å². The van der Waals surface area contributed by atoms with Crippen LogP contribution in [-0.2, 0) is 6.42 Å². The lowest BCUT2D eigenvalue weighted by molar-refractivity contribution is 0.101. The molecular weight excluding hydrogens is 294 g/mol. The molecule has 1 aliphatic heterocycles. The van der Waals surface area contributed by atoms with Crippen LogP contribution in [0, 0.1) is 6.92 Å². The van der Waals surface area contributed by atoms with Crippen LogP contribution in [0.3, 0.4) is 0 Å². The van der Waals surface area contributed by atoms with E-state index < -0.39 is 0 Å². The van der Waals surface area contributed by atoms with Crippen molar-refractivity contribution in [2.24, 2.45) is 0 Å². The van der Waals surface area contributed by atoms with Gasteiger partial charge in [0.2, 0.25) is 5.82 Å². The van der Waals surface area contributed by atoms with Crippen LogP contribution in [0.2, 0.25) is 0 Å². The third kappa shape index (κ3) is 2.50. The Morgan fingerprint density at radius 2 is 2.30 bits per heavy atom. The first-order chi connectivity index (χ1) is 11.1. The zero-order valence-corrected chi connectivity index (χ0v) is 12.8. The zero-order valence-electron chi connectivity index (χ0n) is 12.8. The zero-order chi connectivity index (χ0) is 16.0. The predicted octanol–water partition coefficient (Wildman–Crippen LogP) is 2.01. The number of benzene rings is 1. The maximum absolute atomic E-state index is 12.3. The number of aryl methyl sites for hydroxylation is 1. The summed E-state index contributed by atoms with van der Waals surface area (Å²) in [4.78, 5) is 20.6. The molecule has 0 fully saturated rings. The fourth-order valence-corrected chi connectivity index (χ4v) is 2.66. The number of hydrogen-bond donors (Lipinski definition) is 1. The van der Waals surface area contributed by atoms with E-state index >= 15 is 0 Å². The smallest absolute Gasteiger partial charge is 0.295 e. The van der Waals surface area contributed by atoms with Gasteiger partial charge in [0, 0.05) is 24.5 Å². The van der Waals surface area contributed by atoms with Crippen molar-refractivity contribution in [1.82, 2.24) is 19.6 Å². The molecule has 7 heteroatoms. The number of nitrogens with zero attached hydrogens (tertiary/aromatic N) is 4. The fraction of sp³-hybridized carbons (Fsp3) is 0.250. The molecule has 2 aromatic heterocycles. The number of aromatic nitrogens is 4. The first-order valence-electron chi connectivity index (χ1n) is 7.38. The molecule has 3 heterocycles. The number of rotatable bonds is 2. The number of nitrogens with one attached hydrogen (secondary N) is 1. The number of amides is 1. The summed E-state index contributed by atoms with van der Waals surface area (Å²) in [5.41, 5.74) is 2.74. The Balaban J connectivity index is 1.58. The molecule has 4 rings (SSSR count). The van der Waals surface area contributed by atoms with Crippen LogP contribution in [0.4, 0.5) is 5.69 Å². The van der Waals surface area contributed by atoms with E-state index in [1.807, 2.05) is 32.0 Å². The molecule has 0 aliphatic carbocycles. The molecule has 23 heavy (non-hydrogen) atoms. The molecular formula is C16H15N5O2. The maximum Gasteiger partial charge on any atom is 0.295 e. The van der Waals surface area contributed by atoms with Crippen LogP contribution >= 0.6 is 0 Å². The molecule has 7 nitrogen and oxygen atoms in total. The van der Waals surface area contributed by atoms with Gasteiger partial charge in [0.15, 0.2) is 0 Å². The van der Waals surface area contributed by atoms with Gasteiger partial charge in [-0.15, -0.1) is 5.10 Å². The minimum absolute atomic E-state index is 0.0909. The third-order valence-electron chi connectivity index (χ3n) is 3.68. The van der Waals surface area contributed by atoms with Crippen molar-refractivity contribution >= 4 is 17.4 Å². The Morgan fingerprint density at radius 3 is 3.17 bits per heavy atom. The summed E-state index contributed by atoms with van der Waals surface area (Å²) in [6.45, 7) is 3.93. The topological polar surface area (TPSA) is 81.4 Å². The molecule has 116 valence electrons. The van der Waals surface area contributed by atoms with E-state index in [-0.39, 0.29) is 17.8 Å². The predicted molar refractivity (Wildman–Crippen MR) is 83.7 cm³/mol. The summed E-state index contributed by atoms with van der Waals surface area (Å²) in [5.74, 6) is 1.01. The van der Waals surface area contributed by atoms with E-state index in [1.54, 1.807) is 12.4 Å². The van der Waals surface area contributed by atoms with Gasteiger partial charge in [-0.05, 0) is 43.2 Å². The van der Waals surface area contributed by atoms with Crippen LogP contribution in [0.15, 0.2) is 30.6 Å². The number of hydrogen-bond acceptors (Lipinski definition) is 5. The Morgan fingerprint density at radius 1 is 1.43 bits per heavy atom. The maximum atomic E-state index is 12.3. The second kappa shape index (κ2) is 5.05. The van der Waals surface area contributed by atoms with Crippen molar-refractivity contribution in [3.63, 3.8) is 0 Å². The summed E-state index contributed by atoms with van der Waals surface area (Å²) in [5, 5.41) is 6.98. The van der Waals surface area contributed by atoms with Crippen molar-refractivity contribution < 1.29 is 9.53 Å². The average molecular weight is 309 g/mol. The molecule has 3 aromatic rings. The van der Waals surface area contributed by atoms with Crippen molar-refractivity contribution in [1.29, 1.82) is 0 Å². The minimum atomic E-state index is -0.361. The molecule has 0 bridgehead atoms. The molecule has 1 amide bonds. The number of carbonyl (C=O) groups excluding carboxylic acids is 1. The fourth-order valence-electron chi connectivity index (χ4n) is 2.66. The largest absolute Gasteiger partial charge is 0.490 e. The van der Waals surface area contributed by atoms with Crippen LogP contribution in [0.5, 0.6) is 5.75 Å². The van der Waals surface area contributed by atoms with Gasteiger partial charge >= 0.3 is 0 Å². The molecule has 0 saturated heterocycles. The molecule has 1 atom stereocenters. The van der Waals surface area contributed by atoms with E-state index in [0.29, 0.717) is 11.5 Å². The van der Waals surface area contributed by atoms with Crippen molar-refractivity contribution in [2.45, 2.75) is 26.4 Å². The van der Waals surface area contributed by atoms with Gasteiger partial charge in [-0.25, -0.2) is 9.50 Å². The van der Waals surface area contributed by atoms with Gasteiger partial charge in [-0.2, -0.15) is 4.98 Å². The summed E-state index contributed by atoms with van der Waals surface area (Å²) in [6.07, 6.45) is 4.48. The second-order valence-electron chi connectivity index (χ2n) is 5.72. The molecule has 1 aliphatic rings. The summed E-state index contributed by atoms with van der Waals surface area (Å²) >= 11 is 0. The Bertz CT molecular complexity index is 918. The molecule has 0 saturated carbocycles. The molecule has 0 radical (unpaired) electrons. The average Bonchev–Trinajstić information content (AvgIpc) is 3.08. The lowest BCUT2D eigenvalue weighted by Crippen LogP contribution is -2.14. The Labute approximate surface area is 132 Å². The highest BCUT2D eigenvalue weighted by Crippen LogP contribution is 2.31. The van der Waals surface area contributed by atoms with E-state index in [9.17, 15) is 4.79 Å². The lowest BCUT2D eigenvalue weighted by atomic mass is 10.1. The van der Waals surface area contributed by atoms with Gasteiger partial charge in [0.1, 0.15) is 11.9 Å². The van der Waals surface area contributed by atoms with E-state index in [4.69, 9.17) is 4.74 Å². The minimum Gasteiger partial charge on any atom is -0.490 e. The first kappa shape index (κ1) is 13.7. The van der Waals surface area contributed by atoms with Gasteiger partial charge in [-0.3, -0.25) is 4.79 Å². The molecule has 1 aromatic carbocycles. The monoisotopic (exact) mass is 309 g/mol. The lowest BCUT2D eigenvalue weighted by Gasteiger charge is -2.05. The summed E-state index contributed by atoms with van der Waals surface area (Å²) < 4.78 is 7.16.